The Balaban J connectivity index is 3.42. The van der Waals surface area contributed by atoms with E-state index in [1.807, 2.05) is 0 Å². The van der Waals surface area contributed by atoms with Crippen molar-refractivity contribution in [1.82, 2.24) is 0 Å². The Hall–Kier alpha value is -0.300. The van der Waals surface area contributed by atoms with Crippen LogP contribution < -0.4 is 0 Å². The second-order valence-corrected chi connectivity index (χ2v) is 2.19. The van der Waals surface area contributed by atoms with Crippen LogP contribution in [0.4, 0.5) is 8.78 Å². The van der Waals surface area contributed by atoms with Gasteiger partial charge in [-0.25, -0.2) is 0 Å². The van der Waals surface area contributed by atoms with Gasteiger partial charge in [-0.3, -0.25) is 0 Å². The van der Waals surface area contributed by atoms with E-state index in [-0.39, 0.29) is 6.61 Å². The van der Waals surface area contributed by atoms with Crippen molar-refractivity contribution in [2.45, 2.75) is 12.2 Å². The first kappa shape index (κ1) is 11.7. The summed E-state index contributed by atoms with van der Waals surface area (Å²) in [6.07, 6.45) is -4.47. The highest BCUT2D eigenvalue weighted by molar-refractivity contribution is 4.52. The molecule has 0 aromatic heterocycles. The molecule has 1 unspecified atom stereocenters. The topological polar surface area (TPSA) is 58.9 Å². The Kier molecular flexibility index (Phi) is 5.23. The number of aliphatic hydroxyl groups is 2. The third-order valence-electron chi connectivity index (χ3n) is 1.09. The number of methoxy groups -OCH3 is 1. The van der Waals surface area contributed by atoms with E-state index >= 15 is 0 Å². The van der Waals surface area contributed by atoms with Crippen LogP contribution in [0.15, 0.2) is 0 Å². The Morgan fingerprint density at radius 3 is 2.50 bits per heavy atom. The Labute approximate surface area is 68.7 Å². The lowest BCUT2D eigenvalue weighted by atomic mass is 10.4. The van der Waals surface area contributed by atoms with Crippen LogP contribution in [0.5, 0.6) is 0 Å². The lowest BCUT2D eigenvalue weighted by Crippen LogP contribution is -2.29. The van der Waals surface area contributed by atoms with Crippen LogP contribution in [0.3, 0.4) is 0 Å². The molecule has 1 atom stereocenters. The van der Waals surface area contributed by atoms with E-state index in [9.17, 15) is 8.78 Å². The smallest absolute Gasteiger partial charge is 0.378 e. The molecule has 12 heavy (non-hydrogen) atoms. The molecule has 0 aliphatic heterocycles. The second-order valence-electron chi connectivity index (χ2n) is 2.19. The lowest BCUT2D eigenvalue weighted by molar-refractivity contribution is -0.252. The minimum atomic E-state index is -3.34. The molecule has 74 valence electrons. The highest BCUT2D eigenvalue weighted by Crippen LogP contribution is 2.13. The lowest BCUT2D eigenvalue weighted by Gasteiger charge is -2.14. The summed E-state index contributed by atoms with van der Waals surface area (Å²) in [4.78, 5) is 0. The molecular formula is C6H12F2O4. The third kappa shape index (κ3) is 5.36. The van der Waals surface area contributed by atoms with Gasteiger partial charge in [-0.2, -0.15) is 8.78 Å². The van der Waals surface area contributed by atoms with Gasteiger partial charge in [0.25, 0.3) is 0 Å². The van der Waals surface area contributed by atoms with Crippen LogP contribution >= 0.6 is 0 Å². The van der Waals surface area contributed by atoms with Crippen LogP contribution in [0, 0.1) is 0 Å². The largest absolute Gasteiger partial charge is 0.394 e. The van der Waals surface area contributed by atoms with Gasteiger partial charge in [-0.1, -0.05) is 0 Å². The van der Waals surface area contributed by atoms with E-state index in [1.165, 1.54) is 0 Å². The van der Waals surface area contributed by atoms with Crippen molar-refractivity contribution in [3.63, 3.8) is 0 Å². The Morgan fingerprint density at radius 2 is 2.08 bits per heavy atom. The Bertz CT molecular complexity index is 120. The van der Waals surface area contributed by atoms with Gasteiger partial charge in [0.05, 0.1) is 13.2 Å². The maximum Gasteiger partial charge on any atom is 0.378 e. The summed E-state index contributed by atoms with van der Waals surface area (Å²) in [7, 11) is 0.853. The zero-order valence-electron chi connectivity index (χ0n) is 6.67. The van der Waals surface area contributed by atoms with Crippen molar-refractivity contribution in [3.8, 4) is 0 Å². The van der Waals surface area contributed by atoms with Gasteiger partial charge >= 0.3 is 6.11 Å². The molecule has 0 aliphatic carbocycles. The van der Waals surface area contributed by atoms with Crippen LogP contribution in [-0.4, -0.2) is 49.4 Å². The highest BCUT2D eigenvalue weighted by atomic mass is 19.3. The summed E-state index contributed by atoms with van der Waals surface area (Å²) in [5.74, 6) is 0. The quantitative estimate of drug-likeness (QED) is 0.592. The molecule has 0 fully saturated rings. The predicted molar refractivity (Wildman–Crippen MR) is 35.9 cm³/mol. The van der Waals surface area contributed by atoms with Crippen LogP contribution in [-0.2, 0) is 9.47 Å². The number of hydrogen-bond acceptors (Lipinski definition) is 4. The van der Waals surface area contributed by atoms with Crippen molar-refractivity contribution in [2.24, 2.45) is 0 Å². The van der Waals surface area contributed by atoms with Crippen LogP contribution in [0.25, 0.3) is 0 Å². The van der Waals surface area contributed by atoms with Crippen molar-refractivity contribution < 1.29 is 28.5 Å². The zero-order valence-corrected chi connectivity index (χ0v) is 6.67. The van der Waals surface area contributed by atoms with Gasteiger partial charge in [0, 0.05) is 7.11 Å². The standard InChI is InChI=1S/C6H12F2O4/c1-11-6(7,8)4-12-3-5(10)2-9/h5,9-10H,2-4H2,1H3. The Morgan fingerprint density at radius 1 is 1.50 bits per heavy atom. The van der Waals surface area contributed by atoms with Crippen molar-refractivity contribution in [2.75, 3.05) is 26.9 Å². The number of halogens is 2. The minimum absolute atomic E-state index is 0.338. The zero-order chi connectivity index (χ0) is 9.61. The maximum atomic E-state index is 12.2. The van der Waals surface area contributed by atoms with E-state index in [2.05, 4.69) is 9.47 Å². The number of aliphatic hydroxyl groups excluding tert-OH is 2. The summed E-state index contributed by atoms with van der Waals surface area (Å²) in [5, 5.41) is 16.9. The molecule has 0 heterocycles. The molecular weight excluding hydrogens is 174 g/mol. The van der Waals surface area contributed by atoms with Gasteiger partial charge in [-0.05, 0) is 0 Å². The molecule has 4 nitrogen and oxygen atoms in total. The molecule has 0 amide bonds. The van der Waals surface area contributed by atoms with Crippen molar-refractivity contribution >= 4 is 0 Å². The van der Waals surface area contributed by atoms with Crippen molar-refractivity contribution in [1.29, 1.82) is 0 Å². The molecule has 0 bridgehead atoms. The first-order valence-electron chi connectivity index (χ1n) is 3.31. The third-order valence-corrected chi connectivity index (χ3v) is 1.09. The summed E-state index contributed by atoms with van der Waals surface area (Å²) >= 11 is 0. The monoisotopic (exact) mass is 186 g/mol. The predicted octanol–water partition coefficient (Wildman–Crippen LogP) is -0.405. The van der Waals surface area contributed by atoms with Crippen molar-refractivity contribution in [3.05, 3.63) is 0 Å². The van der Waals surface area contributed by atoms with E-state index in [0.717, 1.165) is 7.11 Å². The fourth-order valence-corrected chi connectivity index (χ4v) is 0.425. The first-order valence-corrected chi connectivity index (χ1v) is 3.31. The average Bonchev–Trinajstić information content (AvgIpc) is 2.04. The summed E-state index contributed by atoms with van der Waals surface area (Å²) in [5.41, 5.74) is 0. The number of ether oxygens (including phenoxy) is 2. The number of hydrogen-bond donors (Lipinski definition) is 2. The van der Waals surface area contributed by atoms with Gasteiger partial charge < -0.3 is 19.7 Å². The molecule has 2 N–H and O–H groups in total. The first-order chi connectivity index (χ1) is 5.52. The van der Waals surface area contributed by atoms with Crippen LogP contribution in [0.2, 0.25) is 0 Å². The van der Waals surface area contributed by atoms with Crippen LogP contribution in [0.1, 0.15) is 0 Å². The summed E-state index contributed by atoms with van der Waals surface area (Å²) in [6.45, 7) is -1.78. The summed E-state index contributed by atoms with van der Waals surface area (Å²) in [6, 6.07) is 0. The highest BCUT2D eigenvalue weighted by Gasteiger charge is 2.28. The molecule has 0 radical (unpaired) electrons. The molecule has 0 spiro atoms. The molecule has 6 heteroatoms. The molecule has 0 aromatic carbocycles. The summed E-state index contributed by atoms with van der Waals surface area (Å²) < 4.78 is 32.5. The maximum absolute atomic E-state index is 12.2. The SMILES string of the molecule is COC(F)(F)COCC(O)CO. The normalized spacial score (nSPS) is 14.8. The molecule has 0 aromatic rings. The van der Waals surface area contributed by atoms with Gasteiger partial charge in [0.1, 0.15) is 12.7 Å². The molecule has 0 saturated heterocycles. The number of rotatable bonds is 6. The van der Waals surface area contributed by atoms with Gasteiger partial charge in [0.2, 0.25) is 0 Å². The van der Waals surface area contributed by atoms with Gasteiger partial charge in [0.15, 0.2) is 0 Å². The molecule has 0 saturated carbocycles. The molecule has 0 rings (SSSR count). The molecule has 0 aliphatic rings. The minimum Gasteiger partial charge on any atom is -0.394 e. The van der Waals surface area contributed by atoms with Gasteiger partial charge in [-0.15, -0.1) is 0 Å². The van der Waals surface area contributed by atoms with E-state index in [4.69, 9.17) is 10.2 Å². The van der Waals surface area contributed by atoms with E-state index in [0.29, 0.717) is 0 Å². The fourth-order valence-electron chi connectivity index (χ4n) is 0.425. The second kappa shape index (κ2) is 5.36. The number of alkyl halides is 2. The fraction of sp³-hybridized carbons (Fsp3) is 1.00. The average molecular weight is 186 g/mol. The van der Waals surface area contributed by atoms with E-state index < -0.39 is 25.4 Å². The van der Waals surface area contributed by atoms with E-state index in [1.54, 1.807) is 0 Å².